The van der Waals surface area contributed by atoms with E-state index < -0.39 is 0 Å². The summed E-state index contributed by atoms with van der Waals surface area (Å²) in [5.74, 6) is 0.0352. The van der Waals surface area contributed by atoms with Gasteiger partial charge < -0.3 is 19.7 Å². The Labute approximate surface area is 147 Å². The summed E-state index contributed by atoms with van der Waals surface area (Å²) in [5, 5.41) is 3.05. The van der Waals surface area contributed by atoms with E-state index in [1.807, 2.05) is 0 Å². The molecule has 2 saturated heterocycles. The first-order chi connectivity index (χ1) is 11.7. The summed E-state index contributed by atoms with van der Waals surface area (Å²) in [6, 6.07) is 2.09. The Balaban J connectivity index is 1.48. The average molecular weight is 350 g/mol. The Hall–Kier alpha value is -0.950. The van der Waals surface area contributed by atoms with Crippen molar-refractivity contribution in [3.8, 4) is 0 Å². The fourth-order valence-electron chi connectivity index (χ4n) is 3.98. The molecule has 0 aliphatic carbocycles. The number of ether oxygens (including phenoxy) is 2. The second-order valence-corrected chi connectivity index (χ2v) is 8.26. The number of piperidine rings is 1. The number of rotatable bonds is 3. The topological polar surface area (TPSA) is 50.8 Å². The summed E-state index contributed by atoms with van der Waals surface area (Å²) < 4.78 is 11.8. The maximum absolute atomic E-state index is 12.5. The number of thiophene rings is 1. The number of likely N-dealkylation sites (tertiary alicyclic amines) is 1. The highest BCUT2D eigenvalue weighted by molar-refractivity contribution is 7.14. The Kier molecular flexibility index (Phi) is 4.64. The van der Waals surface area contributed by atoms with E-state index in [1.54, 1.807) is 11.3 Å². The molecule has 4 rings (SSSR count). The van der Waals surface area contributed by atoms with Crippen LogP contribution in [0, 0.1) is 0 Å². The molecule has 132 valence electrons. The molecule has 0 bridgehead atoms. The lowest BCUT2D eigenvalue weighted by Gasteiger charge is -2.42. The van der Waals surface area contributed by atoms with Crippen molar-refractivity contribution in [1.29, 1.82) is 0 Å². The molecule has 1 N–H and O–H groups in total. The monoisotopic (exact) mass is 350 g/mol. The zero-order chi connectivity index (χ0) is 16.6. The highest BCUT2D eigenvalue weighted by atomic mass is 32.1. The third kappa shape index (κ3) is 3.12. The van der Waals surface area contributed by atoms with E-state index in [0.29, 0.717) is 6.54 Å². The fraction of sp³-hybridized carbons (Fsp3) is 0.722. The second kappa shape index (κ2) is 6.75. The molecule has 1 unspecified atom stereocenters. The van der Waals surface area contributed by atoms with Crippen LogP contribution in [-0.2, 0) is 21.5 Å². The van der Waals surface area contributed by atoms with Crippen molar-refractivity contribution >= 4 is 17.2 Å². The molecular weight excluding hydrogens is 324 g/mol. The molecule has 6 heteroatoms. The SMILES string of the molecule is CN1CCC2(CC1)OCCc1cc(C(=O)NCC3CCCO3)sc12. The minimum Gasteiger partial charge on any atom is -0.376 e. The smallest absolute Gasteiger partial charge is 0.261 e. The molecule has 4 heterocycles. The molecule has 1 atom stereocenters. The Morgan fingerprint density at radius 2 is 2.25 bits per heavy atom. The van der Waals surface area contributed by atoms with Gasteiger partial charge in [-0.25, -0.2) is 0 Å². The van der Waals surface area contributed by atoms with Gasteiger partial charge >= 0.3 is 0 Å². The zero-order valence-electron chi connectivity index (χ0n) is 14.3. The second-order valence-electron chi connectivity index (χ2n) is 7.21. The van der Waals surface area contributed by atoms with Gasteiger partial charge in [-0.05, 0) is 50.8 Å². The van der Waals surface area contributed by atoms with Crippen LogP contribution in [0.4, 0.5) is 0 Å². The highest BCUT2D eigenvalue weighted by Crippen LogP contribution is 2.45. The molecule has 3 aliphatic heterocycles. The van der Waals surface area contributed by atoms with Crippen molar-refractivity contribution in [2.45, 2.75) is 43.8 Å². The van der Waals surface area contributed by atoms with Crippen LogP contribution in [0.3, 0.4) is 0 Å². The van der Waals surface area contributed by atoms with Gasteiger partial charge in [-0.15, -0.1) is 11.3 Å². The van der Waals surface area contributed by atoms with Crippen LogP contribution in [0.1, 0.15) is 45.8 Å². The van der Waals surface area contributed by atoms with Gasteiger partial charge in [-0.3, -0.25) is 4.79 Å². The van der Waals surface area contributed by atoms with E-state index in [2.05, 4.69) is 23.3 Å². The van der Waals surface area contributed by atoms with Gasteiger partial charge in [0.2, 0.25) is 0 Å². The standard InChI is InChI=1S/C18H26N2O3S/c1-20-7-5-18(6-8-20)16-13(4-10-23-18)11-15(24-16)17(21)19-12-14-3-2-9-22-14/h11,14H,2-10,12H2,1H3,(H,19,21). The molecule has 1 aromatic rings. The van der Waals surface area contributed by atoms with Crippen LogP contribution in [0.5, 0.6) is 0 Å². The molecule has 2 fully saturated rings. The van der Waals surface area contributed by atoms with Crippen molar-refractivity contribution in [2.75, 3.05) is 39.9 Å². The van der Waals surface area contributed by atoms with Crippen molar-refractivity contribution in [1.82, 2.24) is 10.2 Å². The number of carbonyl (C=O) groups excluding carboxylic acids is 1. The molecule has 1 spiro atoms. The largest absolute Gasteiger partial charge is 0.376 e. The number of fused-ring (bicyclic) bond motifs is 2. The van der Waals surface area contributed by atoms with Crippen molar-refractivity contribution < 1.29 is 14.3 Å². The van der Waals surface area contributed by atoms with Gasteiger partial charge in [-0.1, -0.05) is 0 Å². The first-order valence-electron chi connectivity index (χ1n) is 9.02. The first-order valence-corrected chi connectivity index (χ1v) is 9.83. The van der Waals surface area contributed by atoms with Gasteiger partial charge in [0.15, 0.2) is 0 Å². The van der Waals surface area contributed by atoms with Crippen LogP contribution in [0.25, 0.3) is 0 Å². The number of hydrogen-bond acceptors (Lipinski definition) is 5. The minimum absolute atomic E-state index is 0.0352. The zero-order valence-corrected chi connectivity index (χ0v) is 15.1. The van der Waals surface area contributed by atoms with Crippen LogP contribution >= 0.6 is 11.3 Å². The molecule has 0 saturated carbocycles. The number of nitrogens with one attached hydrogen (secondary N) is 1. The third-order valence-electron chi connectivity index (χ3n) is 5.51. The summed E-state index contributed by atoms with van der Waals surface area (Å²) >= 11 is 1.64. The molecule has 0 aromatic carbocycles. The maximum Gasteiger partial charge on any atom is 0.261 e. The van der Waals surface area contributed by atoms with Crippen LogP contribution in [0.15, 0.2) is 6.07 Å². The van der Waals surface area contributed by atoms with Gasteiger partial charge in [0, 0.05) is 31.1 Å². The summed E-state index contributed by atoms with van der Waals surface area (Å²) in [6.07, 6.45) is 5.30. The Morgan fingerprint density at radius 1 is 1.42 bits per heavy atom. The van der Waals surface area contributed by atoms with E-state index in [0.717, 1.165) is 63.3 Å². The lowest BCUT2D eigenvalue weighted by atomic mass is 9.85. The maximum atomic E-state index is 12.5. The first kappa shape index (κ1) is 16.5. The van der Waals surface area contributed by atoms with Crippen LogP contribution in [0.2, 0.25) is 0 Å². The molecule has 1 aromatic heterocycles. The van der Waals surface area contributed by atoms with E-state index >= 15 is 0 Å². The number of hydrogen-bond donors (Lipinski definition) is 1. The Bertz CT molecular complexity index is 601. The van der Waals surface area contributed by atoms with E-state index in [-0.39, 0.29) is 17.6 Å². The molecular formula is C18H26N2O3S. The molecule has 0 radical (unpaired) electrons. The van der Waals surface area contributed by atoms with Gasteiger partial charge in [-0.2, -0.15) is 0 Å². The molecule has 5 nitrogen and oxygen atoms in total. The lowest BCUT2D eigenvalue weighted by Crippen LogP contribution is -2.44. The average Bonchev–Trinajstić information content (AvgIpc) is 3.25. The van der Waals surface area contributed by atoms with Gasteiger partial charge in [0.05, 0.1) is 17.6 Å². The molecule has 3 aliphatic rings. The molecule has 1 amide bonds. The van der Waals surface area contributed by atoms with E-state index in [9.17, 15) is 4.79 Å². The summed E-state index contributed by atoms with van der Waals surface area (Å²) in [4.78, 5) is 17.0. The lowest BCUT2D eigenvalue weighted by molar-refractivity contribution is -0.0921. The Morgan fingerprint density at radius 3 is 3.00 bits per heavy atom. The van der Waals surface area contributed by atoms with Crippen molar-refractivity contribution in [2.24, 2.45) is 0 Å². The predicted molar refractivity (Wildman–Crippen MR) is 93.7 cm³/mol. The number of nitrogens with zero attached hydrogens (tertiary/aromatic N) is 1. The summed E-state index contributed by atoms with van der Waals surface area (Å²) in [6.45, 7) is 4.32. The summed E-state index contributed by atoms with van der Waals surface area (Å²) in [7, 11) is 2.16. The number of carbonyl (C=O) groups is 1. The normalized spacial score (nSPS) is 26.5. The number of amides is 1. The summed E-state index contributed by atoms with van der Waals surface area (Å²) in [5.41, 5.74) is 1.16. The fourth-order valence-corrected chi connectivity index (χ4v) is 5.31. The molecule has 24 heavy (non-hydrogen) atoms. The van der Waals surface area contributed by atoms with Crippen molar-refractivity contribution in [3.05, 3.63) is 21.4 Å². The quantitative estimate of drug-likeness (QED) is 0.908. The minimum atomic E-state index is -0.155. The van der Waals surface area contributed by atoms with Crippen LogP contribution in [-0.4, -0.2) is 56.8 Å². The van der Waals surface area contributed by atoms with E-state index in [4.69, 9.17) is 9.47 Å². The predicted octanol–water partition coefficient (Wildman–Crippen LogP) is 2.15. The van der Waals surface area contributed by atoms with Crippen molar-refractivity contribution in [3.63, 3.8) is 0 Å². The van der Waals surface area contributed by atoms with Gasteiger partial charge in [0.1, 0.15) is 5.60 Å². The van der Waals surface area contributed by atoms with Crippen LogP contribution < -0.4 is 5.32 Å². The van der Waals surface area contributed by atoms with E-state index in [1.165, 1.54) is 10.4 Å². The van der Waals surface area contributed by atoms with Gasteiger partial charge in [0.25, 0.3) is 5.91 Å². The third-order valence-corrected chi connectivity index (χ3v) is 6.87. The highest BCUT2D eigenvalue weighted by Gasteiger charge is 2.42.